The highest BCUT2D eigenvalue weighted by Gasteiger charge is 2.33. The van der Waals surface area contributed by atoms with Gasteiger partial charge in [0.05, 0.1) is 6.54 Å². The minimum atomic E-state index is 0.295. The van der Waals surface area contributed by atoms with Crippen molar-refractivity contribution in [2.45, 2.75) is 32.4 Å². The molecule has 4 nitrogen and oxygen atoms in total. The Morgan fingerprint density at radius 3 is 2.87 bits per heavy atom. The van der Waals surface area contributed by atoms with E-state index in [1.807, 2.05) is 4.90 Å². The second-order valence-electron chi connectivity index (χ2n) is 4.60. The summed E-state index contributed by atoms with van der Waals surface area (Å²) in [7, 11) is 0. The van der Waals surface area contributed by atoms with E-state index in [2.05, 4.69) is 24.1 Å². The average molecular weight is 211 g/mol. The van der Waals surface area contributed by atoms with Gasteiger partial charge in [0.15, 0.2) is 0 Å². The molecule has 2 aliphatic rings. The first kappa shape index (κ1) is 10.9. The van der Waals surface area contributed by atoms with E-state index in [-0.39, 0.29) is 0 Å². The SMILES string of the molecule is CCN1C(=O)CN(C2CCNC2)CC1C. The molecular formula is C11H21N3O. The van der Waals surface area contributed by atoms with E-state index in [1.54, 1.807) is 0 Å². The lowest BCUT2D eigenvalue weighted by atomic mass is 10.1. The van der Waals surface area contributed by atoms with Gasteiger partial charge in [0.25, 0.3) is 0 Å². The molecule has 0 aromatic heterocycles. The van der Waals surface area contributed by atoms with E-state index in [9.17, 15) is 4.79 Å². The summed E-state index contributed by atoms with van der Waals surface area (Å²) in [6.45, 7) is 8.84. The number of likely N-dealkylation sites (N-methyl/N-ethyl adjacent to an activating group) is 1. The number of hydrogen-bond donors (Lipinski definition) is 1. The van der Waals surface area contributed by atoms with Crippen molar-refractivity contribution in [1.82, 2.24) is 15.1 Å². The number of nitrogens with zero attached hydrogens (tertiary/aromatic N) is 2. The molecule has 2 heterocycles. The molecule has 2 fully saturated rings. The van der Waals surface area contributed by atoms with Crippen molar-refractivity contribution >= 4 is 5.91 Å². The minimum Gasteiger partial charge on any atom is -0.338 e. The first-order valence-corrected chi connectivity index (χ1v) is 5.96. The molecule has 2 rings (SSSR count). The van der Waals surface area contributed by atoms with E-state index < -0.39 is 0 Å². The van der Waals surface area contributed by atoms with E-state index in [1.165, 1.54) is 6.42 Å². The van der Waals surface area contributed by atoms with Crippen molar-refractivity contribution in [1.29, 1.82) is 0 Å². The smallest absolute Gasteiger partial charge is 0.237 e. The largest absolute Gasteiger partial charge is 0.338 e. The van der Waals surface area contributed by atoms with Gasteiger partial charge in [0.2, 0.25) is 5.91 Å². The summed E-state index contributed by atoms with van der Waals surface area (Å²) in [4.78, 5) is 16.2. The van der Waals surface area contributed by atoms with Crippen LogP contribution in [0.5, 0.6) is 0 Å². The summed E-state index contributed by atoms with van der Waals surface area (Å²) < 4.78 is 0. The molecule has 2 aliphatic heterocycles. The van der Waals surface area contributed by atoms with Crippen LogP contribution in [0.25, 0.3) is 0 Å². The quantitative estimate of drug-likeness (QED) is 0.693. The Kier molecular flexibility index (Phi) is 3.26. The van der Waals surface area contributed by atoms with Crippen LogP contribution >= 0.6 is 0 Å². The Morgan fingerprint density at radius 1 is 1.53 bits per heavy atom. The lowest BCUT2D eigenvalue weighted by molar-refractivity contribution is -0.139. The van der Waals surface area contributed by atoms with E-state index in [4.69, 9.17) is 0 Å². The van der Waals surface area contributed by atoms with Gasteiger partial charge in [0.1, 0.15) is 0 Å². The number of carbonyl (C=O) groups is 1. The maximum absolute atomic E-state index is 11.9. The zero-order chi connectivity index (χ0) is 10.8. The number of nitrogens with one attached hydrogen (secondary N) is 1. The van der Waals surface area contributed by atoms with Gasteiger partial charge < -0.3 is 10.2 Å². The predicted molar refractivity (Wildman–Crippen MR) is 59.7 cm³/mol. The Labute approximate surface area is 91.6 Å². The van der Waals surface area contributed by atoms with Crippen molar-refractivity contribution in [3.8, 4) is 0 Å². The fraction of sp³-hybridized carbons (Fsp3) is 0.909. The van der Waals surface area contributed by atoms with E-state index in [0.717, 1.165) is 26.2 Å². The molecule has 2 saturated heterocycles. The summed E-state index contributed by atoms with van der Waals surface area (Å²) in [5.74, 6) is 0.295. The molecule has 4 heteroatoms. The normalized spacial score (nSPS) is 33.7. The number of carbonyl (C=O) groups excluding carboxylic acids is 1. The maximum Gasteiger partial charge on any atom is 0.237 e. The van der Waals surface area contributed by atoms with Crippen LogP contribution in [0, 0.1) is 0 Å². The van der Waals surface area contributed by atoms with E-state index >= 15 is 0 Å². The summed E-state index contributed by atoms with van der Waals surface area (Å²) in [6.07, 6.45) is 1.19. The molecule has 0 aromatic carbocycles. The van der Waals surface area contributed by atoms with Crippen LogP contribution in [0.4, 0.5) is 0 Å². The molecule has 1 N–H and O–H groups in total. The molecule has 0 bridgehead atoms. The van der Waals surface area contributed by atoms with Crippen molar-refractivity contribution in [3.05, 3.63) is 0 Å². The summed E-state index contributed by atoms with van der Waals surface area (Å²) in [5.41, 5.74) is 0. The zero-order valence-electron chi connectivity index (χ0n) is 9.70. The third-order valence-corrected chi connectivity index (χ3v) is 3.58. The molecule has 0 spiro atoms. The highest BCUT2D eigenvalue weighted by atomic mass is 16.2. The van der Waals surface area contributed by atoms with Gasteiger partial charge in [0, 0.05) is 31.7 Å². The number of rotatable bonds is 2. The monoisotopic (exact) mass is 211 g/mol. The van der Waals surface area contributed by atoms with Gasteiger partial charge in [-0.15, -0.1) is 0 Å². The number of amides is 1. The lowest BCUT2D eigenvalue weighted by Gasteiger charge is -2.41. The molecule has 0 aromatic rings. The molecule has 2 atom stereocenters. The lowest BCUT2D eigenvalue weighted by Crippen LogP contribution is -2.58. The van der Waals surface area contributed by atoms with Crippen LogP contribution in [-0.2, 0) is 4.79 Å². The molecular weight excluding hydrogens is 190 g/mol. The topological polar surface area (TPSA) is 35.6 Å². The first-order valence-electron chi connectivity index (χ1n) is 5.96. The average Bonchev–Trinajstić information content (AvgIpc) is 2.69. The maximum atomic E-state index is 11.9. The van der Waals surface area contributed by atoms with Crippen LogP contribution in [0.3, 0.4) is 0 Å². The molecule has 15 heavy (non-hydrogen) atoms. The Hall–Kier alpha value is -0.610. The van der Waals surface area contributed by atoms with Crippen LogP contribution < -0.4 is 5.32 Å². The standard InChI is InChI=1S/C11H21N3O/c1-3-14-9(2)7-13(8-11(14)15)10-4-5-12-6-10/h9-10,12H,3-8H2,1-2H3. The molecule has 0 radical (unpaired) electrons. The molecule has 0 aliphatic carbocycles. The highest BCUT2D eigenvalue weighted by Crippen LogP contribution is 2.16. The Bertz CT molecular complexity index is 238. The van der Waals surface area contributed by atoms with Crippen molar-refractivity contribution in [3.63, 3.8) is 0 Å². The number of hydrogen-bond acceptors (Lipinski definition) is 3. The third kappa shape index (κ3) is 2.16. The molecule has 1 amide bonds. The van der Waals surface area contributed by atoms with Gasteiger partial charge in [-0.1, -0.05) is 0 Å². The van der Waals surface area contributed by atoms with Gasteiger partial charge in [-0.25, -0.2) is 0 Å². The van der Waals surface area contributed by atoms with E-state index in [0.29, 0.717) is 24.5 Å². The number of piperazine rings is 1. The second-order valence-corrected chi connectivity index (χ2v) is 4.60. The third-order valence-electron chi connectivity index (χ3n) is 3.58. The van der Waals surface area contributed by atoms with Crippen molar-refractivity contribution < 1.29 is 4.79 Å². The summed E-state index contributed by atoms with van der Waals surface area (Å²) >= 11 is 0. The zero-order valence-corrected chi connectivity index (χ0v) is 9.70. The molecule has 86 valence electrons. The predicted octanol–water partition coefficient (Wildman–Crippen LogP) is -0.0991. The van der Waals surface area contributed by atoms with Gasteiger partial charge >= 0.3 is 0 Å². The molecule has 2 unspecified atom stereocenters. The second kappa shape index (κ2) is 4.49. The summed E-state index contributed by atoms with van der Waals surface area (Å²) in [6, 6.07) is 0.951. The highest BCUT2D eigenvalue weighted by molar-refractivity contribution is 5.79. The van der Waals surface area contributed by atoms with Gasteiger partial charge in [-0.3, -0.25) is 9.69 Å². The summed E-state index contributed by atoms with van der Waals surface area (Å²) in [5, 5.41) is 3.36. The van der Waals surface area contributed by atoms with Crippen LogP contribution in [0.1, 0.15) is 20.3 Å². The Balaban J connectivity index is 1.97. The van der Waals surface area contributed by atoms with Crippen LogP contribution in [0.15, 0.2) is 0 Å². The van der Waals surface area contributed by atoms with Gasteiger partial charge in [-0.05, 0) is 26.8 Å². The first-order chi connectivity index (χ1) is 7.22. The molecule has 0 saturated carbocycles. The fourth-order valence-corrected chi connectivity index (χ4v) is 2.73. The Morgan fingerprint density at radius 2 is 2.33 bits per heavy atom. The van der Waals surface area contributed by atoms with Crippen molar-refractivity contribution in [2.24, 2.45) is 0 Å². The minimum absolute atomic E-state index is 0.295. The van der Waals surface area contributed by atoms with Gasteiger partial charge in [-0.2, -0.15) is 0 Å². The van der Waals surface area contributed by atoms with Crippen LogP contribution in [-0.4, -0.2) is 60.5 Å². The fourth-order valence-electron chi connectivity index (χ4n) is 2.73. The van der Waals surface area contributed by atoms with Crippen molar-refractivity contribution in [2.75, 3.05) is 32.7 Å². The van der Waals surface area contributed by atoms with Crippen LogP contribution in [0.2, 0.25) is 0 Å².